The zero-order valence-electron chi connectivity index (χ0n) is 6.18. The van der Waals surface area contributed by atoms with Crippen molar-refractivity contribution in [1.29, 1.82) is 0 Å². The monoisotopic (exact) mass is 247 g/mol. The van der Waals surface area contributed by atoms with Crippen molar-refractivity contribution < 1.29 is 4.74 Å². The third-order valence-corrected chi connectivity index (χ3v) is 2.86. The Balaban J connectivity index is 2.64. The van der Waals surface area contributed by atoms with Gasteiger partial charge in [0, 0.05) is 10.0 Å². The van der Waals surface area contributed by atoms with Crippen LogP contribution in [0.1, 0.15) is 11.6 Å². The highest BCUT2D eigenvalue weighted by molar-refractivity contribution is 9.10. The van der Waals surface area contributed by atoms with E-state index in [9.17, 15) is 0 Å². The van der Waals surface area contributed by atoms with Gasteiger partial charge in [0.1, 0.15) is 12.4 Å². The Kier molecular flexibility index (Phi) is 2.02. The third kappa shape index (κ3) is 1.13. The Morgan fingerprint density at radius 2 is 2.33 bits per heavy atom. The molecule has 1 heterocycles. The van der Waals surface area contributed by atoms with Crippen molar-refractivity contribution in [2.24, 2.45) is 5.73 Å². The average Bonchev–Trinajstić information content (AvgIpc) is 2.42. The summed E-state index contributed by atoms with van der Waals surface area (Å²) in [6, 6.07) is 3.62. The summed E-state index contributed by atoms with van der Waals surface area (Å²) in [6.45, 7) is 0.512. The molecule has 1 aromatic carbocycles. The Labute approximate surface area is 83.8 Å². The van der Waals surface area contributed by atoms with Crippen molar-refractivity contribution in [2.45, 2.75) is 6.04 Å². The lowest BCUT2D eigenvalue weighted by molar-refractivity contribution is 0.333. The Bertz CT molecular complexity index is 329. The smallest absolute Gasteiger partial charge is 0.144 e. The molecule has 0 amide bonds. The van der Waals surface area contributed by atoms with Gasteiger partial charge >= 0.3 is 0 Å². The minimum absolute atomic E-state index is 0.0620. The summed E-state index contributed by atoms with van der Waals surface area (Å²) in [5.74, 6) is 0.721. The van der Waals surface area contributed by atoms with Crippen molar-refractivity contribution in [1.82, 2.24) is 0 Å². The van der Waals surface area contributed by atoms with Gasteiger partial charge in [-0.25, -0.2) is 0 Å². The molecule has 1 atom stereocenters. The third-order valence-electron chi connectivity index (χ3n) is 1.87. The second kappa shape index (κ2) is 2.91. The zero-order valence-corrected chi connectivity index (χ0v) is 8.52. The van der Waals surface area contributed by atoms with Gasteiger partial charge < -0.3 is 10.5 Å². The number of benzene rings is 1. The summed E-state index contributed by atoms with van der Waals surface area (Å²) >= 11 is 9.31. The fourth-order valence-corrected chi connectivity index (χ4v) is 2.12. The highest BCUT2D eigenvalue weighted by Crippen LogP contribution is 2.41. The summed E-state index contributed by atoms with van der Waals surface area (Å²) in [7, 11) is 0. The number of hydrogen-bond donors (Lipinski definition) is 1. The quantitative estimate of drug-likeness (QED) is 0.766. The summed E-state index contributed by atoms with van der Waals surface area (Å²) in [5.41, 5.74) is 6.78. The van der Waals surface area contributed by atoms with Crippen molar-refractivity contribution in [2.75, 3.05) is 6.61 Å². The summed E-state index contributed by atoms with van der Waals surface area (Å²) in [6.07, 6.45) is 0. The fraction of sp³-hybridized carbons (Fsp3) is 0.250. The second-order valence-electron chi connectivity index (χ2n) is 2.69. The highest BCUT2D eigenvalue weighted by Gasteiger charge is 2.25. The van der Waals surface area contributed by atoms with Crippen LogP contribution in [0.4, 0.5) is 0 Å². The number of hydrogen-bond acceptors (Lipinski definition) is 2. The molecular weight excluding hydrogens is 241 g/mol. The van der Waals surface area contributed by atoms with Gasteiger partial charge in [-0.2, -0.15) is 0 Å². The first-order valence-corrected chi connectivity index (χ1v) is 4.73. The predicted octanol–water partition coefficient (Wildman–Crippen LogP) is 2.49. The van der Waals surface area contributed by atoms with E-state index in [2.05, 4.69) is 15.9 Å². The molecule has 4 heteroatoms. The van der Waals surface area contributed by atoms with Gasteiger partial charge in [0.15, 0.2) is 0 Å². The largest absolute Gasteiger partial charge is 0.490 e. The normalized spacial score (nSPS) is 20.4. The molecule has 0 spiro atoms. The van der Waals surface area contributed by atoms with E-state index in [-0.39, 0.29) is 6.04 Å². The van der Waals surface area contributed by atoms with Crippen LogP contribution >= 0.6 is 27.5 Å². The predicted molar refractivity (Wildman–Crippen MR) is 51.6 cm³/mol. The Hall–Kier alpha value is -0.250. The maximum atomic E-state index is 5.91. The number of halogens is 2. The van der Waals surface area contributed by atoms with Crippen LogP contribution in [0.2, 0.25) is 5.02 Å². The fourth-order valence-electron chi connectivity index (χ4n) is 1.30. The van der Waals surface area contributed by atoms with Crippen molar-refractivity contribution in [3.05, 3.63) is 27.2 Å². The van der Waals surface area contributed by atoms with Crippen molar-refractivity contribution in [3.63, 3.8) is 0 Å². The lowest BCUT2D eigenvalue weighted by Crippen LogP contribution is -2.11. The average molecular weight is 249 g/mol. The number of rotatable bonds is 0. The van der Waals surface area contributed by atoms with Crippen LogP contribution in [0, 0.1) is 0 Å². The molecule has 2 rings (SSSR count). The van der Waals surface area contributed by atoms with Gasteiger partial charge in [-0.05, 0) is 12.1 Å². The molecule has 1 aliphatic rings. The van der Waals surface area contributed by atoms with E-state index >= 15 is 0 Å². The lowest BCUT2D eigenvalue weighted by Gasteiger charge is -2.04. The van der Waals surface area contributed by atoms with Gasteiger partial charge in [-0.3, -0.25) is 0 Å². The molecular formula is C8H7BrClNO. The maximum absolute atomic E-state index is 5.91. The van der Waals surface area contributed by atoms with Crippen LogP contribution in [-0.4, -0.2) is 6.61 Å². The lowest BCUT2D eigenvalue weighted by atomic mass is 10.1. The Morgan fingerprint density at radius 3 is 3.00 bits per heavy atom. The number of ether oxygens (including phenoxy) is 1. The van der Waals surface area contributed by atoms with Gasteiger partial charge in [-0.1, -0.05) is 27.5 Å². The first-order chi connectivity index (χ1) is 5.70. The minimum atomic E-state index is -0.0620. The second-order valence-corrected chi connectivity index (χ2v) is 3.95. The van der Waals surface area contributed by atoms with Crippen LogP contribution in [0.5, 0.6) is 5.75 Å². The van der Waals surface area contributed by atoms with E-state index in [4.69, 9.17) is 22.1 Å². The van der Waals surface area contributed by atoms with Gasteiger partial charge in [0.05, 0.1) is 11.1 Å². The van der Waals surface area contributed by atoms with Crippen LogP contribution in [-0.2, 0) is 0 Å². The molecule has 2 nitrogen and oxygen atoms in total. The Morgan fingerprint density at radius 1 is 1.58 bits per heavy atom. The zero-order chi connectivity index (χ0) is 8.72. The minimum Gasteiger partial charge on any atom is -0.490 e. The maximum Gasteiger partial charge on any atom is 0.144 e. The molecule has 1 aromatic rings. The molecule has 0 saturated carbocycles. The van der Waals surface area contributed by atoms with Crippen LogP contribution in [0.15, 0.2) is 16.6 Å². The van der Waals surface area contributed by atoms with E-state index in [0.717, 1.165) is 15.8 Å². The summed E-state index contributed by atoms with van der Waals surface area (Å²) in [4.78, 5) is 0. The molecule has 0 radical (unpaired) electrons. The van der Waals surface area contributed by atoms with E-state index < -0.39 is 0 Å². The molecule has 0 saturated heterocycles. The van der Waals surface area contributed by atoms with Gasteiger partial charge in [0.25, 0.3) is 0 Å². The van der Waals surface area contributed by atoms with E-state index in [0.29, 0.717) is 11.6 Å². The number of nitrogens with two attached hydrogens (primary N) is 1. The first-order valence-electron chi connectivity index (χ1n) is 3.56. The molecule has 0 bridgehead atoms. The highest BCUT2D eigenvalue weighted by atomic mass is 79.9. The van der Waals surface area contributed by atoms with Crippen LogP contribution in [0.25, 0.3) is 0 Å². The molecule has 64 valence electrons. The first kappa shape index (κ1) is 8.35. The molecule has 0 unspecified atom stereocenters. The standard InChI is InChI=1S/C8H7BrClNO/c9-4-1-2-5(10)8-7(4)6(11)3-12-8/h1-2,6H,3,11H2/t6-/m0/s1. The van der Waals surface area contributed by atoms with Crippen molar-refractivity contribution in [3.8, 4) is 5.75 Å². The van der Waals surface area contributed by atoms with Crippen LogP contribution in [0.3, 0.4) is 0 Å². The molecule has 12 heavy (non-hydrogen) atoms. The van der Waals surface area contributed by atoms with E-state index in [1.54, 1.807) is 6.07 Å². The number of fused-ring (bicyclic) bond motifs is 1. The summed E-state index contributed by atoms with van der Waals surface area (Å²) in [5, 5.41) is 0.626. The van der Waals surface area contributed by atoms with Crippen LogP contribution < -0.4 is 10.5 Å². The molecule has 1 aliphatic heterocycles. The van der Waals surface area contributed by atoms with E-state index in [1.807, 2.05) is 6.07 Å². The molecule has 2 N–H and O–H groups in total. The van der Waals surface area contributed by atoms with Gasteiger partial charge in [0.2, 0.25) is 0 Å². The topological polar surface area (TPSA) is 35.2 Å². The van der Waals surface area contributed by atoms with Crippen molar-refractivity contribution >= 4 is 27.5 Å². The summed E-state index contributed by atoms with van der Waals surface area (Å²) < 4.78 is 6.30. The SMILES string of the molecule is N[C@H]1COc2c(Cl)ccc(Br)c21. The molecule has 0 fully saturated rings. The van der Waals surface area contributed by atoms with E-state index in [1.165, 1.54) is 0 Å². The molecule has 0 aliphatic carbocycles. The molecule has 0 aromatic heterocycles. The van der Waals surface area contributed by atoms with Gasteiger partial charge in [-0.15, -0.1) is 0 Å².